The van der Waals surface area contributed by atoms with Crippen molar-refractivity contribution in [3.63, 3.8) is 0 Å². The molecule has 0 unspecified atom stereocenters. The molecule has 4 heteroatoms. The number of hydrogen-bond donors (Lipinski definition) is 0. The van der Waals surface area contributed by atoms with Crippen LogP contribution in [0.2, 0.25) is 11.1 Å². The van der Waals surface area contributed by atoms with Crippen molar-refractivity contribution in [3.05, 3.63) is 0 Å². The van der Waals surface area contributed by atoms with Crippen molar-refractivity contribution in [1.82, 2.24) is 3.60 Å². The van der Waals surface area contributed by atoms with Crippen molar-refractivity contribution < 1.29 is 0 Å². The van der Waals surface area contributed by atoms with Gasteiger partial charge in [0.15, 0.2) is 8.96 Å². The van der Waals surface area contributed by atoms with Gasteiger partial charge in [0.2, 0.25) is 0 Å². The molecular weight excluding hydrogens is 185 g/mol. The van der Waals surface area contributed by atoms with Crippen LogP contribution in [-0.2, 0) is 0 Å². The molecule has 0 aromatic rings. The zero-order valence-corrected chi connectivity index (χ0v) is 9.37. The first-order valence-corrected chi connectivity index (χ1v) is 5.73. The largest absolute Gasteiger partial charge is 0.185 e. The van der Waals surface area contributed by atoms with E-state index in [0.29, 0.717) is 11.1 Å². The van der Waals surface area contributed by atoms with E-state index in [1.165, 1.54) is 3.60 Å². The lowest BCUT2D eigenvalue weighted by Crippen LogP contribution is -2.31. The monoisotopic (exact) mass is 198 g/mol. The van der Waals surface area contributed by atoms with E-state index >= 15 is 0 Å². The summed E-state index contributed by atoms with van der Waals surface area (Å²) >= 11 is 11.4. The van der Waals surface area contributed by atoms with Crippen LogP contribution < -0.4 is 0 Å². The summed E-state index contributed by atoms with van der Waals surface area (Å²) in [6.45, 7) is 8.64. The van der Waals surface area contributed by atoms with Crippen LogP contribution in [0.5, 0.6) is 0 Å². The van der Waals surface area contributed by atoms with Crippen LogP contribution in [0.15, 0.2) is 0 Å². The molecular formula is C6H14Cl2NSi. The van der Waals surface area contributed by atoms with E-state index in [4.69, 9.17) is 23.6 Å². The molecule has 1 radical (unpaired) electrons. The average molecular weight is 199 g/mol. The van der Waals surface area contributed by atoms with E-state index in [9.17, 15) is 0 Å². The van der Waals surface area contributed by atoms with Crippen molar-refractivity contribution in [1.29, 1.82) is 0 Å². The molecule has 10 heavy (non-hydrogen) atoms. The highest BCUT2D eigenvalue weighted by Gasteiger charge is 2.25. The third-order valence-corrected chi connectivity index (χ3v) is 5.31. The quantitative estimate of drug-likeness (QED) is 0.497. The van der Waals surface area contributed by atoms with E-state index in [1.54, 1.807) is 0 Å². The van der Waals surface area contributed by atoms with E-state index < -0.39 is 8.96 Å². The van der Waals surface area contributed by atoms with Crippen LogP contribution >= 0.6 is 23.6 Å². The first kappa shape index (κ1) is 10.8. The van der Waals surface area contributed by atoms with Gasteiger partial charge in [-0.25, -0.2) is 0 Å². The minimum Gasteiger partial charge on any atom is -0.160 e. The molecule has 0 aliphatic rings. The number of hydrogen-bond acceptors (Lipinski definition) is 1. The van der Waals surface area contributed by atoms with Gasteiger partial charge in [0.25, 0.3) is 0 Å². The van der Waals surface area contributed by atoms with E-state index in [2.05, 4.69) is 27.7 Å². The van der Waals surface area contributed by atoms with E-state index in [1.807, 2.05) is 0 Å². The second-order valence-electron chi connectivity index (χ2n) is 2.97. The molecule has 0 rings (SSSR count). The molecule has 0 spiro atoms. The highest BCUT2D eigenvalue weighted by molar-refractivity contribution is 6.71. The van der Waals surface area contributed by atoms with Crippen LogP contribution in [0.3, 0.4) is 0 Å². The van der Waals surface area contributed by atoms with Crippen LogP contribution in [0.1, 0.15) is 27.7 Å². The Kier molecular flexibility index (Phi) is 4.95. The molecule has 0 aromatic carbocycles. The third kappa shape index (κ3) is 3.24. The first-order chi connectivity index (χ1) is 4.46. The lowest BCUT2D eigenvalue weighted by atomic mass is 10.5. The Bertz CT molecular complexity index is 76.7. The average Bonchev–Trinajstić information content (AvgIpc) is 1.59. The lowest BCUT2D eigenvalue weighted by Gasteiger charge is -2.23. The molecule has 0 amide bonds. The summed E-state index contributed by atoms with van der Waals surface area (Å²) < 4.78 is 1.36. The minimum absolute atomic E-state index is 0.597. The van der Waals surface area contributed by atoms with Gasteiger partial charge in [-0.1, -0.05) is 27.7 Å². The molecule has 0 heterocycles. The molecule has 1 nitrogen and oxygen atoms in total. The van der Waals surface area contributed by atoms with Gasteiger partial charge in [-0.3, -0.25) is 0 Å². The van der Waals surface area contributed by atoms with Gasteiger partial charge in [0.1, 0.15) is 0 Å². The van der Waals surface area contributed by atoms with Gasteiger partial charge in [-0.05, 0) is 34.6 Å². The van der Waals surface area contributed by atoms with Crippen LogP contribution in [0.4, 0.5) is 0 Å². The summed E-state index contributed by atoms with van der Waals surface area (Å²) in [6.07, 6.45) is 0. The fourth-order valence-electron chi connectivity index (χ4n) is 1.06. The molecule has 0 N–H and O–H groups in total. The first-order valence-electron chi connectivity index (χ1n) is 3.45. The van der Waals surface area contributed by atoms with Gasteiger partial charge in [-0.2, -0.15) is 3.60 Å². The van der Waals surface area contributed by atoms with Crippen LogP contribution in [0, 0.1) is 0 Å². The second kappa shape index (κ2) is 4.60. The maximum Gasteiger partial charge on any atom is 0.185 e. The standard InChI is InChI=1S/C6H14Cl2NSi/c1-5(2)10(6(3)4)9(7)8/h5-6H,1-4H3. The fraction of sp³-hybridized carbons (Fsp3) is 1.00. The maximum atomic E-state index is 5.68. The van der Waals surface area contributed by atoms with Gasteiger partial charge in [0, 0.05) is 0 Å². The Morgan fingerprint density at radius 3 is 1.30 bits per heavy atom. The molecule has 0 aliphatic carbocycles. The number of rotatable bonds is 3. The molecule has 0 saturated carbocycles. The van der Waals surface area contributed by atoms with Crippen molar-refractivity contribution in [2.45, 2.75) is 38.8 Å². The topological polar surface area (TPSA) is 3.24 Å². The highest BCUT2D eigenvalue weighted by atomic mass is 35.5. The van der Waals surface area contributed by atoms with Crippen molar-refractivity contribution >= 4 is 32.5 Å². The Hall–Kier alpha value is 0.757. The van der Waals surface area contributed by atoms with E-state index in [0.717, 1.165) is 0 Å². The van der Waals surface area contributed by atoms with Gasteiger partial charge >= 0.3 is 0 Å². The highest BCUT2D eigenvalue weighted by Crippen LogP contribution is 2.25. The van der Waals surface area contributed by atoms with Gasteiger partial charge < -0.3 is 0 Å². The maximum absolute atomic E-state index is 5.68. The Balaban J connectivity index is 3.98. The zero-order chi connectivity index (χ0) is 8.31. The Morgan fingerprint density at radius 2 is 1.30 bits per heavy atom. The van der Waals surface area contributed by atoms with Crippen molar-refractivity contribution in [2.75, 3.05) is 0 Å². The summed E-state index contributed by atoms with van der Waals surface area (Å²) in [6, 6.07) is 0. The predicted octanol–water partition coefficient (Wildman–Crippen LogP) is 3.41. The summed E-state index contributed by atoms with van der Waals surface area (Å²) in [4.78, 5) is 0. The minimum atomic E-state index is -0.731. The van der Waals surface area contributed by atoms with Gasteiger partial charge in [-0.15, -0.1) is 0 Å². The number of nitrogens with zero attached hydrogens (tertiary/aromatic N) is 1. The fourth-order valence-corrected chi connectivity index (χ4v) is 5.51. The Morgan fingerprint density at radius 1 is 1.00 bits per heavy atom. The van der Waals surface area contributed by atoms with Crippen molar-refractivity contribution in [3.8, 4) is 0 Å². The van der Waals surface area contributed by atoms with Crippen LogP contribution in [-0.4, -0.2) is 12.6 Å². The molecule has 0 saturated heterocycles. The van der Waals surface area contributed by atoms with Crippen LogP contribution in [0.25, 0.3) is 0 Å². The predicted molar refractivity (Wildman–Crippen MR) is 49.5 cm³/mol. The van der Waals surface area contributed by atoms with E-state index in [-0.39, 0.29) is 0 Å². The number of halogens is 2. The molecule has 0 aromatic heterocycles. The SMILES string of the molecule is CC(C)[Si](C(C)C)N(Cl)Cl. The lowest BCUT2D eigenvalue weighted by molar-refractivity contribution is 0.855. The summed E-state index contributed by atoms with van der Waals surface area (Å²) in [5, 5.41) is 0. The molecule has 0 atom stereocenters. The second-order valence-corrected chi connectivity index (χ2v) is 7.99. The molecule has 61 valence electrons. The normalized spacial score (nSPS) is 12.6. The molecule has 0 bridgehead atoms. The molecule has 0 fully saturated rings. The Labute approximate surface area is 75.2 Å². The zero-order valence-electron chi connectivity index (χ0n) is 6.86. The summed E-state index contributed by atoms with van der Waals surface area (Å²) in [5.41, 5.74) is 1.19. The molecule has 0 aliphatic heterocycles. The summed E-state index contributed by atoms with van der Waals surface area (Å²) in [5.74, 6) is 0. The summed E-state index contributed by atoms with van der Waals surface area (Å²) in [7, 11) is -0.731. The third-order valence-electron chi connectivity index (χ3n) is 1.38. The van der Waals surface area contributed by atoms with Gasteiger partial charge in [0.05, 0.1) is 0 Å². The smallest absolute Gasteiger partial charge is 0.160 e. The van der Waals surface area contributed by atoms with Crippen molar-refractivity contribution in [2.24, 2.45) is 0 Å².